The highest BCUT2D eigenvalue weighted by Crippen LogP contribution is 2.31. The lowest BCUT2D eigenvalue weighted by Crippen LogP contribution is -2.51. The van der Waals surface area contributed by atoms with Gasteiger partial charge in [0.05, 0.1) is 31.4 Å². The summed E-state index contributed by atoms with van der Waals surface area (Å²) in [6.45, 7) is 1.77. The summed E-state index contributed by atoms with van der Waals surface area (Å²) in [7, 11) is 5.89. The summed E-state index contributed by atoms with van der Waals surface area (Å²) in [6, 6.07) is 7.42. The molecule has 1 saturated heterocycles. The molecule has 2 atom stereocenters. The zero-order chi connectivity index (χ0) is 19.7. The first kappa shape index (κ1) is 18.6. The molecule has 8 nitrogen and oxygen atoms in total. The monoisotopic (exact) mass is 383 g/mol. The number of ether oxygens (including phenoxy) is 1. The highest BCUT2D eigenvalue weighted by atomic mass is 16.5. The molecule has 1 aliphatic heterocycles. The Morgan fingerprint density at radius 2 is 2.14 bits per heavy atom. The zero-order valence-electron chi connectivity index (χ0n) is 16.4. The maximum Gasteiger partial charge on any atom is 0.229 e. The van der Waals surface area contributed by atoms with Gasteiger partial charge in [-0.05, 0) is 26.2 Å². The fourth-order valence-electron chi connectivity index (χ4n) is 3.82. The van der Waals surface area contributed by atoms with E-state index >= 15 is 0 Å². The lowest BCUT2D eigenvalue weighted by Gasteiger charge is -2.41. The first-order valence-corrected chi connectivity index (χ1v) is 9.40. The fraction of sp³-hybridized carbons (Fsp3) is 0.450. The average molecular weight is 383 g/mol. The molecule has 148 valence electrons. The molecule has 1 aliphatic rings. The van der Waals surface area contributed by atoms with Gasteiger partial charge in [0.2, 0.25) is 5.91 Å². The second-order valence-corrected chi connectivity index (χ2v) is 7.45. The molecule has 0 bridgehead atoms. The number of fused-ring (bicyclic) bond motifs is 1. The van der Waals surface area contributed by atoms with Crippen molar-refractivity contribution >= 4 is 16.9 Å². The quantitative estimate of drug-likeness (QED) is 0.667. The molecule has 28 heavy (non-hydrogen) atoms. The van der Waals surface area contributed by atoms with E-state index in [2.05, 4.69) is 15.2 Å². The van der Waals surface area contributed by atoms with Crippen LogP contribution in [0.4, 0.5) is 0 Å². The van der Waals surface area contributed by atoms with Gasteiger partial charge in [-0.2, -0.15) is 5.10 Å². The number of rotatable bonds is 5. The maximum absolute atomic E-state index is 13.3. The van der Waals surface area contributed by atoms with E-state index in [1.165, 1.54) is 0 Å². The number of amides is 1. The third-order valence-electron chi connectivity index (χ3n) is 5.05. The van der Waals surface area contributed by atoms with Crippen molar-refractivity contribution in [2.75, 3.05) is 33.8 Å². The Balaban J connectivity index is 1.62. The van der Waals surface area contributed by atoms with Crippen molar-refractivity contribution in [2.45, 2.75) is 18.6 Å². The molecule has 4 rings (SSSR count). The van der Waals surface area contributed by atoms with Crippen molar-refractivity contribution in [3.05, 3.63) is 47.9 Å². The van der Waals surface area contributed by atoms with Crippen LogP contribution >= 0.6 is 0 Å². The molecule has 2 aromatic heterocycles. The van der Waals surface area contributed by atoms with E-state index in [-0.39, 0.29) is 24.5 Å². The van der Waals surface area contributed by atoms with Crippen LogP contribution < -0.4 is 0 Å². The lowest BCUT2D eigenvalue weighted by molar-refractivity contribution is -0.147. The first-order chi connectivity index (χ1) is 13.5. The second-order valence-electron chi connectivity index (χ2n) is 7.45. The predicted molar refractivity (Wildman–Crippen MR) is 104 cm³/mol. The summed E-state index contributed by atoms with van der Waals surface area (Å²) in [6.07, 6.45) is 3.84. The van der Waals surface area contributed by atoms with Gasteiger partial charge in [0.1, 0.15) is 5.69 Å². The van der Waals surface area contributed by atoms with E-state index in [9.17, 15) is 4.79 Å². The normalized spacial score (nSPS) is 20.2. The minimum atomic E-state index is -0.185. The third kappa shape index (κ3) is 3.65. The molecule has 3 aromatic rings. The fourth-order valence-corrected chi connectivity index (χ4v) is 3.82. The van der Waals surface area contributed by atoms with Gasteiger partial charge in [0.25, 0.3) is 0 Å². The number of aryl methyl sites for hydroxylation is 1. The molecule has 0 radical (unpaired) electrons. The number of hydrogen-bond acceptors (Lipinski definition) is 6. The Bertz CT molecular complexity index is 964. The second kappa shape index (κ2) is 7.73. The largest absolute Gasteiger partial charge is 0.373 e. The maximum atomic E-state index is 13.3. The number of para-hydroxylation sites is 1. The Kier molecular flexibility index (Phi) is 5.15. The number of carbonyl (C=O) groups excluding carboxylic acids is 1. The van der Waals surface area contributed by atoms with Crippen LogP contribution in [0.3, 0.4) is 0 Å². The van der Waals surface area contributed by atoms with Crippen LogP contribution in [0, 0.1) is 0 Å². The summed E-state index contributed by atoms with van der Waals surface area (Å²) in [4.78, 5) is 17.3. The molecule has 0 N–H and O–H groups in total. The molecule has 1 fully saturated rings. The first-order valence-electron chi connectivity index (χ1n) is 9.40. The van der Waals surface area contributed by atoms with Crippen molar-refractivity contribution in [3.8, 4) is 0 Å². The number of carbonyl (C=O) groups is 1. The topological polar surface area (TPSA) is 76.6 Å². The molecule has 0 unspecified atom stereocenters. The SMILES string of the molecule is CN(C)C[C@@H]1OCCN(C(=O)Cc2noc3ccccc23)[C@H]1c1cnn(C)c1. The van der Waals surface area contributed by atoms with E-state index in [0.29, 0.717) is 24.4 Å². The van der Waals surface area contributed by atoms with Gasteiger partial charge in [0, 0.05) is 37.3 Å². The number of benzene rings is 1. The van der Waals surface area contributed by atoms with Gasteiger partial charge in [-0.25, -0.2) is 0 Å². The zero-order valence-corrected chi connectivity index (χ0v) is 16.4. The van der Waals surface area contributed by atoms with Crippen molar-refractivity contribution < 1.29 is 14.1 Å². The number of morpholine rings is 1. The van der Waals surface area contributed by atoms with Gasteiger partial charge >= 0.3 is 0 Å². The Morgan fingerprint density at radius 3 is 2.89 bits per heavy atom. The summed E-state index contributed by atoms with van der Waals surface area (Å²) < 4.78 is 13.2. The molecule has 1 amide bonds. The molecule has 0 spiro atoms. The number of hydrogen-bond donors (Lipinski definition) is 0. The highest BCUT2D eigenvalue weighted by Gasteiger charge is 2.37. The van der Waals surface area contributed by atoms with Crippen molar-refractivity contribution in [3.63, 3.8) is 0 Å². The van der Waals surface area contributed by atoms with E-state index in [4.69, 9.17) is 9.26 Å². The van der Waals surface area contributed by atoms with E-state index in [1.54, 1.807) is 4.68 Å². The lowest BCUT2D eigenvalue weighted by atomic mass is 9.99. The Hall–Kier alpha value is -2.71. The van der Waals surface area contributed by atoms with Crippen LogP contribution in [0.25, 0.3) is 11.0 Å². The molecule has 0 aliphatic carbocycles. The number of likely N-dealkylation sites (N-methyl/N-ethyl adjacent to an activating group) is 1. The van der Waals surface area contributed by atoms with Crippen LogP contribution in [-0.4, -0.2) is 70.5 Å². The predicted octanol–water partition coefficient (Wildman–Crippen LogP) is 1.63. The number of nitrogens with zero attached hydrogens (tertiary/aromatic N) is 5. The Labute approximate surface area is 163 Å². The molecule has 3 heterocycles. The van der Waals surface area contributed by atoms with Gasteiger partial charge in [-0.15, -0.1) is 0 Å². The molecular weight excluding hydrogens is 358 g/mol. The van der Waals surface area contributed by atoms with Crippen LogP contribution in [0.15, 0.2) is 41.2 Å². The van der Waals surface area contributed by atoms with Crippen molar-refractivity contribution in [2.24, 2.45) is 7.05 Å². The van der Waals surface area contributed by atoms with Gasteiger partial charge in [-0.3, -0.25) is 9.48 Å². The van der Waals surface area contributed by atoms with Crippen molar-refractivity contribution in [1.82, 2.24) is 24.7 Å². The minimum Gasteiger partial charge on any atom is -0.373 e. The minimum absolute atomic E-state index is 0.0139. The van der Waals surface area contributed by atoms with Crippen LogP contribution in [0.2, 0.25) is 0 Å². The van der Waals surface area contributed by atoms with Crippen molar-refractivity contribution in [1.29, 1.82) is 0 Å². The third-order valence-corrected chi connectivity index (χ3v) is 5.05. The molecule has 0 saturated carbocycles. The highest BCUT2D eigenvalue weighted by molar-refractivity contribution is 5.86. The van der Waals surface area contributed by atoms with E-state index in [0.717, 1.165) is 17.5 Å². The standard InChI is InChI=1S/C20H25N5O3/c1-23(2)13-18-20(14-11-21-24(3)12-14)25(8-9-27-18)19(26)10-16-15-6-4-5-7-17(15)28-22-16/h4-7,11-12,18,20H,8-10,13H2,1-3H3/t18-,20-/m0/s1. The molecule has 8 heteroatoms. The summed E-state index contributed by atoms with van der Waals surface area (Å²) in [5.41, 5.74) is 2.34. The van der Waals surface area contributed by atoms with E-state index in [1.807, 2.05) is 62.7 Å². The molecule has 1 aromatic carbocycles. The average Bonchev–Trinajstić information content (AvgIpc) is 3.27. The smallest absolute Gasteiger partial charge is 0.229 e. The van der Waals surface area contributed by atoms with Crippen LogP contribution in [0.1, 0.15) is 17.3 Å². The number of aromatic nitrogens is 3. The van der Waals surface area contributed by atoms with Gasteiger partial charge in [-0.1, -0.05) is 17.3 Å². The van der Waals surface area contributed by atoms with Crippen LogP contribution in [0.5, 0.6) is 0 Å². The Morgan fingerprint density at radius 1 is 1.32 bits per heavy atom. The summed E-state index contributed by atoms with van der Waals surface area (Å²) in [5, 5.41) is 9.30. The molecular formula is C20H25N5O3. The summed E-state index contributed by atoms with van der Waals surface area (Å²) in [5.74, 6) is 0.0139. The van der Waals surface area contributed by atoms with E-state index < -0.39 is 0 Å². The summed E-state index contributed by atoms with van der Waals surface area (Å²) >= 11 is 0. The van der Waals surface area contributed by atoms with Gasteiger partial charge < -0.3 is 19.1 Å². The van der Waals surface area contributed by atoms with Crippen LogP contribution in [-0.2, 0) is 23.0 Å². The van der Waals surface area contributed by atoms with Gasteiger partial charge in [0.15, 0.2) is 5.58 Å².